The van der Waals surface area contributed by atoms with Crippen molar-refractivity contribution in [3.63, 3.8) is 0 Å². The molecular formula is C6H10BClO2. The van der Waals surface area contributed by atoms with Gasteiger partial charge in [-0.1, -0.05) is 12.1 Å². The normalized spacial score (nSPS) is 20.3. The molecule has 1 aliphatic rings. The molecule has 0 aromatic carbocycles. The molecule has 1 heterocycles. The summed E-state index contributed by atoms with van der Waals surface area (Å²) < 4.78 is 10.4. The zero-order valence-corrected chi connectivity index (χ0v) is 6.51. The summed E-state index contributed by atoms with van der Waals surface area (Å²) >= 11 is 5.42. The number of halogens is 1. The van der Waals surface area contributed by atoms with Crippen LogP contribution < -0.4 is 0 Å². The molecule has 1 fully saturated rings. The SMILES string of the molecule is ClC/C=C/B1OCCCO1. The van der Waals surface area contributed by atoms with Crippen LogP contribution in [0.15, 0.2) is 12.1 Å². The van der Waals surface area contributed by atoms with Crippen molar-refractivity contribution in [2.24, 2.45) is 0 Å². The molecular weight excluding hydrogens is 150 g/mol. The first-order valence-electron chi connectivity index (χ1n) is 3.39. The zero-order chi connectivity index (χ0) is 7.23. The van der Waals surface area contributed by atoms with Gasteiger partial charge in [-0.2, -0.15) is 0 Å². The van der Waals surface area contributed by atoms with Crippen molar-refractivity contribution in [2.75, 3.05) is 19.1 Å². The second-order valence-corrected chi connectivity index (χ2v) is 2.35. The van der Waals surface area contributed by atoms with Crippen molar-refractivity contribution < 1.29 is 9.31 Å². The third-order valence-corrected chi connectivity index (χ3v) is 1.41. The lowest BCUT2D eigenvalue weighted by atomic mass is 9.88. The highest BCUT2D eigenvalue weighted by Crippen LogP contribution is 2.01. The van der Waals surface area contributed by atoms with E-state index in [9.17, 15) is 0 Å². The summed E-state index contributed by atoms with van der Waals surface area (Å²) in [4.78, 5) is 0. The minimum absolute atomic E-state index is 0.160. The summed E-state index contributed by atoms with van der Waals surface area (Å²) in [7, 11) is -0.160. The van der Waals surface area contributed by atoms with Gasteiger partial charge in [0, 0.05) is 19.1 Å². The first-order chi connectivity index (χ1) is 4.93. The summed E-state index contributed by atoms with van der Waals surface area (Å²) in [5, 5.41) is 0. The standard InChI is InChI=1S/C6H10BClO2/c8-4-1-3-7-9-5-2-6-10-7/h1,3H,2,4-6H2/b3-1+. The van der Waals surface area contributed by atoms with Crippen LogP contribution in [0.4, 0.5) is 0 Å². The van der Waals surface area contributed by atoms with Gasteiger partial charge in [-0.3, -0.25) is 0 Å². The summed E-state index contributed by atoms with van der Waals surface area (Å²) in [6.45, 7) is 1.58. The topological polar surface area (TPSA) is 18.5 Å². The molecule has 1 saturated heterocycles. The van der Waals surface area contributed by atoms with E-state index in [-0.39, 0.29) is 7.12 Å². The molecule has 56 valence electrons. The first kappa shape index (κ1) is 8.11. The molecule has 0 unspecified atom stereocenters. The molecule has 4 heteroatoms. The molecule has 0 aromatic rings. The van der Waals surface area contributed by atoms with Crippen LogP contribution in [0.2, 0.25) is 0 Å². The highest BCUT2D eigenvalue weighted by molar-refractivity contribution is 6.50. The van der Waals surface area contributed by atoms with Gasteiger partial charge in [-0.25, -0.2) is 0 Å². The predicted octanol–water partition coefficient (Wildman–Crippen LogP) is 1.25. The van der Waals surface area contributed by atoms with E-state index in [1.807, 2.05) is 12.1 Å². The van der Waals surface area contributed by atoms with E-state index in [0.29, 0.717) is 5.88 Å². The van der Waals surface area contributed by atoms with E-state index < -0.39 is 0 Å². The Bertz CT molecular complexity index is 112. The van der Waals surface area contributed by atoms with Crippen LogP contribution in [0.25, 0.3) is 0 Å². The molecule has 2 nitrogen and oxygen atoms in total. The molecule has 0 radical (unpaired) electrons. The highest BCUT2D eigenvalue weighted by Gasteiger charge is 2.16. The average Bonchev–Trinajstić information content (AvgIpc) is 2.03. The number of hydrogen-bond acceptors (Lipinski definition) is 2. The lowest BCUT2D eigenvalue weighted by Crippen LogP contribution is -2.27. The maximum absolute atomic E-state index is 5.42. The molecule has 0 saturated carbocycles. The Morgan fingerprint density at radius 3 is 2.70 bits per heavy atom. The Kier molecular flexibility index (Phi) is 3.87. The van der Waals surface area contributed by atoms with Crippen molar-refractivity contribution >= 4 is 18.7 Å². The molecule has 1 aliphatic heterocycles. The Morgan fingerprint density at radius 1 is 1.40 bits per heavy atom. The van der Waals surface area contributed by atoms with E-state index >= 15 is 0 Å². The number of rotatable bonds is 2. The zero-order valence-electron chi connectivity index (χ0n) is 5.75. The minimum atomic E-state index is -0.160. The minimum Gasteiger partial charge on any atom is -0.408 e. The van der Waals surface area contributed by atoms with Crippen LogP contribution in [0.3, 0.4) is 0 Å². The third kappa shape index (κ3) is 2.73. The maximum atomic E-state index is 5.42. The van der Waals surface area contributed by atoms with Crippen LogP contribution in [-0.2, 0) is 9.31 Å². The Morgan fingerprint density at radius 2 is 2.10 bits per heavy atom. The van der Waals surface area contributed by atoms with Crippen LogP contribution in [-0.4, -0.2) is 26.2 Å². The van der Waals surface area contributed by atoms with Crippen molar-refractivity contribution in [1.82, 2.24) is 0 Å². The average molecular weight is 160 g/mol. The number of alkyl halides is 1. The monoisotopic (exact) mass is 160 g/mol. The van der Waals surface area contributed by atoms with Crippen molar-refractivity contribution in [1.29, 1.82) is 0 Å². The van der Waals surface area contributed by atoms with Crippen molar-refractivity contribution in [2.45, 2.75) is 6.42 Å². The number of hydrogen-bond donors (Lipinski definition) is 0. The van der Waals surface area contributed by atoms with E-state index in [0.717, 1.165) is 19.6 Å². The second kappa shape index (κ2) is 4.77. The van der Waals surface area contributed by atoms with Crippen LogP contribution in [0.1, 0.15) is 6.42 Å². The fraction of sp³-hybridized carbons (Fsp3) is 0.667. The number of allylic oxidation sites excluding steroid dienone is 1. The van der Waals surface area contributed by atoms with Gasteiger partial charge in [0.1, 0.15) is 0 Å². The van der Waals surface area contributed by atoms with Crippen molar-refractivity contribution in [3.05, 3.63) is 12.1 Å². The third-order valence-electron chi connectivity index (χ3n) is 1.24. The van der Waals surface area contributed by atoms with Gasteiger partial charge in [-0.15, -0.1) is 11.6 Å². The molecule has 0 aliphatic carbocycles. The molecule has 1 rings (SSSR count). The Balaban J connectivity index is 2.19. The fourth-order valence-corrected chi connectivity index (χ4v) is 0.883. The smallest absolute Gasteiger partial charge is 0.408 e. The molecule has 0 spiro atoms. The lowest BCUT2D eigenvalue weighted by Gasteiger charge is -2.16. The fourth-order valence-electron chi connectivity index (χ4n) is 0.780. The second-order valence-electron chi connectivity index (χ2n) is 2.05. The molecule has 0 atom stereocenters. The van der Waals surface area contributed by atoms with Gasteiger partial charge in [0.15, 0.2) is 0 Å². The van der Waals surface area contributed by atoms with E-state index in [1.165, 1.54) is 0 Å². The maximum Gasteiger partial charge on any atom is 0.485 e. The van der Waals surface area contributed by atoms with E-state index in [1.54, 1.807) is 0 Å². The van der Waals surface area contributed by atoms with Crippen LogP contribution in [0, 0.1) is 0 Å². The summed E-state index contributed by atoms with van der Waals surface area (Å²) in [6, 6.07) is 0. The van der Waals surface area contributed by atoms with Gasteiger partial charge in [0.05, 0.1) is 0 Å². The molecule has 0 amide bonds. The summed E-state index contributed by atoms with van der Waals surface area (Å²) in [5.41, 5.74) is 0. The molecule has 0 aromatic heterocycles. The Hall–Kier alpha value is 0.0149. The van der Waals surface area contributed by atoms with E-state index in [4.69, 9.17) is 20.9 Å². The molecule has 10 heavy (non-hydrogen) atoms. The van der Waals surface area contributed by atoms with Crippen molar-refractivity contribution in [3.8, 4) is 0 Å². The molecule has 0 N–H and O–H groups in total. The summed E-state index contributed by atoms with van der Waals surface area (Å²) in [5.74, 6) is 2.36. The van der Waals surface area contributed by atoms with Gasteiger partial charge < -0.3 is 9.31 Å². The quantitative estimate of drug-likeness (QED) is 0.447. The van der Waals surface area contributed by atoms with Crippen LogP contribution >= 0.6 is 11.6 Å². The van der Waals surface area contributed by atoms with Gasteiger partial charge in [0.2, 0.25) is 0 Å². The van der Waals surface area contributed by atoms with Gasteiger partial charge in [-0.05, 0) is 6.42 Å². The predicted molar refractivity (Wildman–Crippen MR) is 42.1 cm³/mol. The largest absolute Gasteiger partial charge is 0.485 e. The van der Waals surface area contributed by atoms with Gasteiger partial charge in [0.25, 0.3) is 0 Å². The van der Waals surface area contributed by atoms with Gasteiger partial charge >= 0.3 is 7.12 Å². The molecule has 0 bridgehead atoms. The Labute approximate surface area is 66.3 Å². The van der Waals surface area contributed by atoms with E-state index in [2.05, 4.69) is 0 Å². The van der Waals surface area contributed by atoms with Crippen LogP contribution in [0.5, 0.6) is 0 Å². The lowest BCUT2D eigenvalue weighted by molar-refractivity contribution is 0.142. The summed E-state index contributed by atoms with van der Waals surface area (Å²) in [6.07, 6.45) is 2.82. The first-order valence-corrected chi connectivity index (χ1v) is 3.93. The highest BCUT2D eigenvalue weighted by atomic mass is 35.5.